The van der Waals surface area contributed by atoms with E-state index >= 15 is 0 Å². The maximum atomic E-state index is 11.7. The fourth-order valence-electron chi connectivity index (χ4n) is 2.05. The van der Waals surface area contributed by atoms with Crippen LogP contribution < -0.4 is 11.1 Å². The zero-order valence-corrected chi connectivity index (χ0v) is 11.4. The monoisotopic (exact) mass is 248 g/mol. The van der Waals surface area contributed by atoms with E-state index in [0.29, 0.717) is 6.54 Å². The third-order valence-electron chi connectivity index (χ3n) is 3.60. The Hall–Kier alpha value is -0.280. The molecule has 0 saturated heterocycles. The van der Waals surface area contributed by atoms with Gasteiger partial charge >= 0.3 is 0 Å². The van der Waals surface area contributed by atoms with Gasteiger partial charge in [0.1, 0.15) is 0 Å². The minimum absolute atomic E-state index is 0. The lowest BCUT2D eigenvalue weighted by atomic mass is 9.78. The van der Waals surface area contributed by atoms with Crippen LogP contribution in [-0.2, 0) is 4.79 Å². The molecule has 0 aromatic carbocycles. The lowest BCUT2D eigenvalue weighted by Crippen LogP contribution is -2.50. The van der Waals surface area contributed by atoms with Gasteiger partial charge in [0.25, 0.3) is 0 Å². The summed E-state index contributed by atoms with van der Waals surface area (Å²) in [5, 5.41) is 3.15. The van der Waals surface area contributed by atoms with Crippen molar-refractivity contribution >= 4 is 18.3 Å². The second-order valence-electron chi connectivity index (χ2n) is 5.37. The lowest BCUT2D eigenvalue weighted by Gasteiger charge is -2.37. The van der Waals surface area contributed by atoms with Gasteiger partial charge in [-0.3, -0.25) is 4.79 Å². The predicted octanol–water partition coefficient (Wildman–Crippen LogP) is 2.09. The molecule has 0 bridgehead atoms. The first-order valence-electron chi connectivity index (χ1n) is 5.99. The minimum Gasteiger partial charge on any atom is -0.351 e. The Morgan fingerprint density at radius 3 is 2.44 bits per heavy atom. The summed E-state index contributed by atoms with van der Waals surface area (Å²) in [7, 11) is 0. The zero-order valence-electron chi connectivity index (χ0n) is 10.6. The van der Waals surface area contributed by atoms with Crippen LogP contribution in [0.2, 0.25) is 0 Å². The standard InChI is InChI=1S/C12H24N2O.ClH/c1-9-4-6-12(3,7-5-9)14-11(15)10(2)8-13;/h9-10H,4-8,13H2,1-3H3,(H,14,15);1H. The van der Waals surface area contributed by atoms with Gasteiger partial charge in [0.05, 0.1) is 0 Å². The SMILES string of the molecule is CC1CCC(C)(NC(=O)C(C)CN)CC1.Cl. The molecule has 1 rings (SSSR count). The Kier molecular flexibility index (Phi) is 6.34. The molecule has 0 radical (unpaired) electrons. The van der Waals surface area contributed by atoms with Crippen LogP contribution in [0.15, 0.2) is 0 Å². The molecule has 0 heterocycles. The molecule has 0 aliphatic heterocycles. The normalized spacial score (nSPS) is 31.4. The quantitative estimate of drug-likeness (QED) is 0.804. The number of carbonyl (C=O) groups excluding carboxylic acids is 1. The van der Waals surface area contributed by atoms with Crippen molar-refractivity contribution in [1.29, 1.82) is 0 Å². The first-order chi connectivity index (χ1) is 6.97. The molecule has 0 aromatic heterocycles. The molecular formula is C12H25ClN2O. The maximum Gasteiger partial charge on any atom is 0.224 e. The van der Waals surface area contributed by atoms with E-state index in [9.17, 15) is 4.79 Å². The largest absolute Gasteiger partial charge is 0.351 e. The number of amides is 1. The van der Waals surface area contributed by atoms with Crippen molar-refractivity contribution in [3.8, 4) is 0 Å². The number of nitrogens with one attached hydrogen (secondary N) is 1. The van der Waals surface area contributed by atoms with Gasteiger partial charge in [-0.25, -0.2) is 0 Å². The summed E-state index contributed by atoms with van der Waals surface area (Å²) >= 11 is 0. The fourth-order valence-corrected chi connectivity index (χ4v) is 2.05. The second-order valence-corrected chi connectivity index (χ2v) is 5.37. The Morgan fingerprint density at radius 1 is 1.50 bits per heavy atom. The second kappa shape index (κ2) is 6.45. The van der Waals surface area contributed by atoms with E-state index in [1.807, 2.05) is 6.92 Å². The van der Waals surface area contributed by atoms with Crippen LogP contribution in [-0.4, -0.2) is 18.0 Å². The summed E-state index contributed by atoms with van der Waals surface area (Å²) in [5.74, 6) is 0.845. The summed E-state index contributed by atoms with van der Waals surface area (Å²) in [6.45, 7) is 6.74. The van der Waals surface area contributed by atoms with E-state index in [2.05, 4.69) is 19.2 Å². The van der Waals surface area contributed by atoms with Crippen molar-refractivity contribution in [2.75, 3.05) is 6.54 Å². The van der Waals surface area contributed by atoms with Gasteiger partial charge in [0, 0.05) is 18.0 Å². The number of carbonyl (C=O) groups is 1. The average molecular weight is 249 g/mol. The van der Waals surface area contributed by atoms with E-state index in [0.717, 1.165) is 18.8 Å². The van der Waals surface area contributed by atoms with E-state index in [1.165, 1.54) is 12.8 Å². The summed E-state index contributed by atoms with van der Waals surface area (Å²) in [6, 6.07) is 0. The highest BCUT2D eigenvalue weighted by atomic mass is 35.5. The number of rotatable bonds is 3. The molecule has 1 atom stereocenters. The highest BCUT2D eigenvalue weighted by Gasteiger charge is 2.31. The van der Waals surface area contributed by atoms with Crippen LogP contribution in [0.25, 0.3) is 0 Å². The summed E-state index contributed by atoms with van der Waals surface area (Å²) in [6.07, 6.45) is 4.62. The van der Waals surface area contributed by atoms with Gasteiger partial charge in [0.15, 0.2) is 0 Å². The van der Waals surface area contributed by atoms with Crippen LogP contribution in [0.1, 0.15) is 46.5 Å². The smallest absolute Gasteiger partial charge is 0.224 e. The van der Waals surface area contributed by atoms with Crippen LogP contribution in [0.5, 0.6) is 0 Å². The molecule has 16 heavy (non-hydrogen) atoms. The maximum absolute atomic E-state index is 11.7. The van der Waals surface area contributed by atoms with E-state index in [-0.39, 0.29) is 29.8 Å². The number of nitrogens with two attached hydrogens (primary N) is 1. The van der Waals surface area contributed by atoms with Crippen LogP contribution in [0, 0.1) is 11.8 Å². The van der Waals surface area contributed by atoms with Crippen molar-refractivity contribution in [3.63, 3.8) is 0 Å². The first-order valence-corrected chi connectivity index (χ1v) is 5.99. The van der Waals surface area contributed by atoms with Gasteiger partial charge in [0.2, 0.25) is 5.91 Å². The van der Waals surface area contributed by atoms with E-state index in [1.54, 1.807) is 0 Å². The third kappa shape index (κ3) is 4.30. The Morgan fingerprint density at radius 2 is 2.00 bits per heavy atom. The Labute approximate surface area is 105 Å². The third-order valence-corrected chi connectivity index (χ3v) is 3.60. The molecule has 0 aromatic rings. The summed E-state index contributed by atoms with van der Waals surface area (Å²) < 4.78 is 0. The molecule has 0 spiro atoms. The summed E-state index contributed by atoms with van der Waals surface area (Å²) in [4.78, 5) is 11.7. The molecule has 4 heteroatoms. The molecule has 1 saturated carbocycles. The summed E-state index contributed by atoms with van der Waals surface area (Å²) in [5.41, 5.74) is 5.49. The zero-order chi connectivity index (χ0) is 11.5. The molecule has 3 N–H and O–H groups in total. The van der Waals surface area contributed by atoms with Crippen LogP contribution >= 0.6 is 12.4 Å². The van der Waals surface area contributed by atoms with E-state index < -0.39 is 0 Å². The highest BCUT2D eigenvalue weighted by Crippen LogP contribution is 2.31. The topological polar surface area (TPSA) is 55.1 Å². The molecular weight excluding hydrogens is 224 g/mol. The minimum atomic E-state index is -0.0684. The van der Waals surface area contributed by atoms with Crippen molar-refractivity contribution in [1.82, 2.24) is 5.32 Å². The first kappa shape index (κ1) is 15.7. The predicted molar refractivity (Wildman–Crippen MR) is 69.6 cm³/mol. The van der Waals surface area contributed by atoms with E-state index in [4.69, 9.17) is 5.73 Å². The molecule has 96 valence electrons. The Balaban J connectivity index is 0.00000225. The molecule has 1 fully saturated rings. The van der Waals surface area contributed by atoms with Gasteiger partial charge in [-0.15, -0.1) is 12.4 Å². The number of halogens is 1. The van der Waals surface area contributed by atoms with Gasteiger partial charge in [-0.2, -0.15) is 0 Å². The van der Waals surface area contributed by atoms with Crippen LogP contribution in [0.3, 0.4) is 0 Å². The highest BCUT2D eigenvalue weighted by molar-refractivity contribution is 5.85. The fraction of sp³-hybridized carbons (Fsp3) is 0.917. The molecule has 3 nitrogen and oxygen atoms in total. The molecule has 1 unspecified atom stereocenters. The van der Waals surface area contributed by atoms with Crippen molar-refractivity contribution in [2.45, 2.75) is 52.0 Å². The van der Waals surface area contributed by atoms with Gasteiger partial charge in [-0.05, 0) is 38.5 Å². The van der Waals surface area contributed by atoms with Crippen molar-refractivity contribution in [2.24, 2.45) is 17.6 Å². The van der Waals surface area contributed by atoms with Crippen molar-refractivity contribution < 1.29 is 4.79 Å². The van der Waals surface area contributed by atoms with Gasteiger partial charge < -0.3 is 11.1 Å². The Bertz CT molecular complexity index is 225. The molecule has 1 aliphatic carbocycles. The van der Waals surface area contributed by atoms with Crippen molar-refractivity contribution in [3.05, 3.63) is 0 Å². The van der Waals surface area contributed by atoms with Gasteiger partial charge in [-0.1, -0.05) is 13.8 Å². The number of hydrogen-bond donors (Lipinski definition) is 2. The molecule has 1 amide bonds. The average Bonchev–Trinajstić information content (AvgIpc) is 2.21. The van der Waals surface area contributed by atoms with Crippen LogP contribution in [0.4, 0.5) is 0 Å². The molecule has 1 aliphatic rings. The lowest BCUT2D eigenvalue weighted by molar-refractivity contribution is -0.126. The number of hydrogen-bond acceptors (Lipinski definition) is 2.